The van der Waals surface area contributed by atoms with Gasteiger partial charge >= 0.3 is 0 Å². The van der Waals surface area contributed by atoms with Gasteiger partial charge in [-0.05, 0) is 36.7 Å². The molecule has 0 spiro atoms. The summed E-state index contributed by atoms with van der Waals surface area (Å²) in [4.78, 5) is 0. The Balaban J connectivity index is 2.42. The molecule has 0 aromatic heterocycles. The average molecular weight is 303 g/mol. The van der Waals surface area contributed by atoms with Crippen molar-refractivity contribution in [1.82, 2.24) is 5.32 Å². The van der Waals surface area contributed by atoms with E-state index in [1.165, 1.54) is 0 Å². The van der Waals surface area contributed by atoms with Crippen molar-refractivity contribution in [3.63, 3.8) is 0 Å². The van der Waals surface area contributed by atoms with Crippen LogP contribution in [0, 0.1) is 0 Å². The van der Waals surface area contributed by atoms with Gasteiger partial charge in [-0.15, -0.1) is 0 Å². The molecule has 1 aromatic rings. The number of aliphatic hydroxyl groups is 1. The first-order valence-electron chi connectivity index (χ1n) is 5.58. The lowest BCUT2D eigenvalue weighted by molar-refractivity contribution is 0.180. The molecule has 0 saturated carbocycles. The third kappa shape index (κ3) is 5.04. The average Bonchev–Trinajstić information content (AvgIpc) is 2.34. The summed E-state index contributed by atoms with van der Waals surface area (Å²) in [5.74, 6) is 0.884. The maximum Gasteiger partial charge on any atom is 0.122 e. The summed E-state index contributed by atoms with van der Waals surface area (Å²) in [6.07, 6.45) is 0.374. The summed E-state index contributed by atoms with van der Waals surface area (Å²) in [5.41, 5.74) is 6.45. The van der Waals surface area contributed by atoms with E-state index >= 15 is 0 Å². The molecule has 0 aliphatic heterocycles. The van der Waals surface area contributed by atoms with E-state index in [9.17, 15) is 5.11 Å². The first-order valence-corrected chi connectivity index (χ1v) is 6.38. The second-order valence-electron chi connectivity index (χ2n) is 3.80. The largest absolute Gasteiger partial charge is 0.496 e. The van der Waals surface area contributed by atoms with Gasteiger partial charge in [-0.25, -0.2) is 0 Å². The molecule has 0 amide bonds. The molecule has 0 heterocycles. The maximum absolute atomic E-state index is 9.28. The van der Waals surface area contributed by atoms with Gasteiger partial charge in [-0.3, -0.25) is 0 Å². The second kappa shape index (κ2) is 7.66. The number of nitrogens with one attached hydrogen (secondary N) is 1. The number of methoxy groups -OCH3 is 1. The van der Waals surface area contributed by atoms with E-state index in [2.05, 4.69) is 21.2 Å². The van der Waals surface area contributed by atoms with E-state index < -0.39 is 6.10 Å². The van der Waals surface area contributed by atoms with Crippen LogP contribution in [0.4, 0.5) is 0 Å². The molecule has 1 aromatic carbocycles. The van der Waals surface area contributed by atoms with Crippen molar-refractivity contribution in [2.45, 2.75) is 12.5 Å². The van der Waals surface area contributed by atoms with Crippen LogP contribution in [0.3, 0.4) is 0 Å². The molecule has 0 saturated heterocycles. The summed E-state index contributed by atoms with van der Waals surface area (Å²) in [7, 11) is 1.67. The molecule has 4 N–H and O–H groups in total. The van der Waals surface area contributed by atoms with Crippen LogP contribution in [0.15, 0.2) is 22.7 Å². The summed E-state index contributed by atoms with van der Waals surface area (Å²) >= 11 is 3.44. The normalized spacial score (nSPS) is 12.5. The van der Waals surface area contributed by atoms with Crippen LogP contribution in [0.25, 0.3) is 0 Å². The van der Waals surface area contributed by atoms with Crippen LogP contribution in [0.1, 0.15) is 5.56 Å². The van der Waals surface area contributed by atoms with Gasteiger partial charge in [0.1, 0.15) is 5.75 Å². The second-order valence-corrected chi connectivity index (χ2v) is 4.72. The number of aliphatic hydroxyl groups excluding tert-OH is 1. The van der Waals surface area contributed by atoms with Crippen molar-refractivity contribution in [2.75, 3.05) is 26.7 Å². The van der Waals surface area contributed by atoms with Gasteiger partial charge in [0.15, 0.2) is 0 Å². The highest BCUT2D eigenvalue weighted by Crippen LogP contribution is 2.22. The number of rotatable bonds is 7. The molecule has 0 aliphatic carbocycles. The van der Waals surface area contributed by atoms with Gasteiger partial charge in [0.25, 0.3) is 0 Å². The number of nitrogens with two attached hydrogens (primary N) is 1. The summed E-state index contributed by atoms with van der Waals surface area (Å²) < 4.78 is 6.32. The molecule has 4 nitrogen and oxygen atoms in total. The molecule has 17 heavy (non-hydrogen) atoms. The summed E-state index contributed by atoms with van der Waals surface area (Å²) in [6.45, 7) is 1.59. The summed E-state index contributed by atoms with van der Waals surface area (Å²) in [6, 6.07) is 5.93. The fraction of sp³-hybridized carbons (Fsp3) is 0.500. The molecular formula is C12H19BrN2O2. The number of halogens is 1. The maximum atomic E-state index is 9.28. The first kappa shape index (κ1) is 14.4. The van der Waals surface area contributed by atoms with Crippen LogP contribution in [-0.2, 0) is 6.42 Å². The van der Waals surface area contributed by atoms with E-state index in [1.807, 2.05) is 18.2 Å². The standard InChI is InChI=1S/C12H19BrN2O2/c1-17-12-3-2-10(13)6-9(12)4-5-15-8-11(16)7-14/h2-3,6,11,15-16H,4-5,7-8,14H2,1H3. The lowest BCUT2D eigenvalue weighted by atomic mass is 10.1. The highest BCUT2D eigenvalue weighted by atomic mass is 79.9. The van der Waals surface area contributed by atoms with Crippen LogP contribution < -0.4 is 15.8 Å². The van der Waals surface area contributed by atoms with Crippen molar-refractivity contribution in [1.29, 1.82) is 0 Å². The predicted octanol–water partition coefficient (Wildman–Crippen LogP) is 0.909. The van der Waals surface area contributed by atoms with Crippen LogP contribution in [-0.4, -0.2) is 38.0 Å². The topological polar surface area (TPSA) is 67.5 Å². The van der Waals surface area contributed by atoms with Gasteiger partial charge < -0.3 is 20.9 Å². The van der Waals surface area contributed by atoms with Gasteiger partial charge in [-0.2, -0.15) is 0 Å². The molecule has 1 atom stereocenters. The Morgan fingerprint density at radius 1 is 1.53 bits per heavy atom. The van der Waals surface area contributed by atoms with Crippen molar-refractivity contribution in [3.8, 4) is 5.75 Å². The lowest BCUT2D eigenvalue weighted by Gasteiger charge is -2.11. The van der Waals surface area contributed by atoms with E-state index in [0.717, 1.165) is 28.8 Å². The number of hydrogen-bond donors (Lipinski definition) is 3. The van der Waals surface area contributed by atoms with Crippen molar-refractivity contribution in [3.05, 3.63) is 28.2 Å². The Hall–Kier alpha value is -0.620. The van der Waals surface area contributed by atoms with Gasteiger partial charge in [0.2, 0.25) is 0 Å². The van der Waals surface area contributed by atoms with E-state index in [0.29, 0.717) is 6.54 Å². The zero-order valence-electron chi connectivity index (χ0n) is 9.95. The fourth-order valence-corrected chi connectivity index (χ4v) is 1.93. The SMILES string of the molecule is COc1ccc(Br)cc1CCNCC(O)CN. The molecule has 1 unspecified atom stereocenters. The number of ether oxygens (including phenoxy) is 1. The lowest BCUT2D eigenvalue weighted by Crippen LogP contribution is -2.33. The number of hydrogen-bond acceptors (Lipinski definition) is 4. The Morgan fingerprint density at radius 2 is 2.29 bits per heavy atom. The summed E-state index contributed by atoms with van der Waals surface area (Å²) in [5, 5.41) is 12.4. The minimum absolute atomic E-state index is 0.285. The van der Waals surface area contributed by atoms with Crippen LogP contribution in [0.5, 0.6) is 5.75 Å². The van der Waals surface area contributed by atoms with Gasteiger partial charge in [-0.1, -0.05) is 15.9 Å². The van der Waals surface area contributed by atoms with Crippen LogP contribution >= 0.6 is 15.9 Å². The molecule has 5 heteroatoms. The van der Waals surface area contributed by atoms with Gasteiger partial charge in [0, 0.05) is 17.6 Å². The monoisotopic (exact) mass is 302 g/mol. The predicted molar refractivity (Wildman–Crippen MR) is 72.3 cm³/mol. The molecule has 0 aliphatic rings. The van der Waals surface area contributed by atoms with E-state index in [4.69, 9.17) is 10.5 Å². The molecule has 0 bridgehead atoms. The molecule has 0 fully saturated rings. The number of benzene rings is 1. The quantitative estimate of drug-likeness (QED) is 0.655. The molecule has 0 radical (unpaired) electrons. The molecule has 1 rings (SSSR count). The minimum atomic E-state index is -0.473. The highest BCUT2D eigenvalue weighted by Gasteiger charge is 2.04. The third-order valence-corrected chi connectivity index (χ3v) is 2.96. The van der Waals surface area contributed by atoms with Crippen LogP contribution in [0.2, 0.25) is 0 Å². The Labute approximate surface area is 110 Å². The molecule has 96 valence electrons. The fourth-order valence-electron chi connectivity index (χ4n) is 1.52. The minimum Gasteiger partial charge on any atom is -0.496 e. The van der Waals surface area contributed by atoms with Crippen molar-refractivity contribution < 1.29 is 9.84 Å². The third-order valence-electron chi connectivity index (χ3n) is 2.47. The van der Waals surface area contributed by atoms with Crippen molar-refractivity contribution >= 4 is 15.9 Å². The van der Waals surface area contributed by atoms with Crippen molar-refractivity contribution in [2.24, 2.45) is 5.73 Å². The van der Waals surface area contributed by atoms with Gasteiger partial charge in [0.05, 0.1) is 13.2 Å². The highest BCUT2D eigenvalue weighted by molar-refractivity contribution is 9.10. The molecular weight excluding hydrogens is 284 g/mol. The van der Waals surface area contributed by atoms with E-state index in [1.54, 1.807) is 7.11 Å². The smallest absolute Gasteiger partial charge is 0.122 e. The Kier molecular flexibility index (Phi) is 6.50. The first-order chi connectivity index (χ1) is 8.17. The Bertz CT molecular complexity index is 347. The zero-order chi connectivity index (χ0) is 12.7. The van der Waals surface area contributed by atoms with E-state index in [-0.39, 0.29) is 6.54 Å². The zero-order valence-corrected chi connectivity index (χ0v) is 11.5. The Morgan fingerprint density at radius 3 is 2.94 bits per heavy atom.